The van der Waals surface area contributed by atoms with E-state index in [1.165, 1.54) is 55.0 Å². The van der Waals surface area contributed by atoms with E-state index in [1.807, 2.05) is 18.2 Å². The van der Waals surface area contributed by atoms with Crippen molar-refractivity contribution in [3.05, 3.63) is 194 Å². The summed E-state index contributed by atoms with van der Waals surface area (Å²) in [6, 6.07) is 67.3. The molecule has 4 bridgehead atoms. The van der Waals surface area contributed by atoms with Crippen LogP contribution in [0.15, 0.2) is 197 Å². The maximum Gasteiger partial charge on any atom is 0.167 e. The van der Waals surface area contributed by atoms with E-state index in [0.29, 0.717) is 22.9 Å². The van der Waals surface area contributed by atoms with Crippen LogP contribution in [0.4, 0.5) is 0 Å². The lowest BCUT2D eigenvalue weighted by molar-refractivity contribution is -0.00518. The third kappa shape index (κ3) is 5.97. The van der Waals surface area contributed by atoms with E-state index in [9.17, 15) is 0 Å². The monoisotopic (exact) mass is 914 g/mol. The number of nitrogens with zero attached hydrogens (tertiary/aromatic N) is 4. The molecule has 4 fully saturated rings. The van der Waals surface area contributed by atoms with Gasteiger partial charge in [0.15, 0.2) is 17.5 Å². The Labute approximate surface area is 409 Å². The van der Waals surface area contributed by atoms with Crippen LogP contribution >= 0.6 is 0 Å². The maximum atomic E-state index is 6.88. The van der Waals surface area contributed by atoms with Crippen LogP contribution in [-0.4, -0.2) is 19.5 Å². The molecule has 17 rings (SSSR count). The average Bonchev–Trinajstić information content (AvgIpc) is 4.10. The lowest BCUT2D eigenvalue weighted by Crippen LogP contribution is -2.48. The number of benzene rings is 9. The average molecular weight is 915 g/mol. The molecule has 71 heavy (non-hydrogen) atoms. The Morgan fingerprint density at radius 1 is 0.408 bits per heavy atom. The molecule has 4 heterocycles. The van der Waals surface area contributed by atoms with E-state index in [-0.39, 0.29) is 0 Å². The van der Waals surface area contributed by atoms with Gasteiger partial charge in [0, 0.05) is 43.6 Å². The van der Waals surface area contributed by atoms with Gasteiger partial charge >= 0.3 is 0 Å². The quantitative estimate of drug-likeness (QED) is 0.166. The molecule has 0 radical (unpaired) electrons. The first-order valence-electron chi connectivity index (χ1n) is 25.3. The van der Waals surface area contributed by atoms with Gasteiger partial charge in [-0.3, -0.25) is 0 Å². The van der Waals surface area contributed by atoms with Gasteiger partial charge in [0.05, 0.1) is 22.2 Å². The van der Waals surface area contributed by atoms with Gasteiger partial charge in [-0.05, 0) is 144 Å². The lowest BCUT2D eigenvalue weighted by Gasteiger charge is -2.57. The van der Waals surface area contributed by atoms with E-state index in [1.54, 1.807) is 0 Å². The first-order valence-corrected chi connectivity index (χ1v) is 25.3. The van der Waals surface area contributed by atoms with Crippen LogP contribution in [0.25, 0.3) is 127 Å². The van der Waals surface area contributed by atoms with Gasteiger partial charge in [-0.1, -0.05) is 133 Å². The molecular formula is C65H46N4O2. The molecule has 4 aliphatic rings. The summed E-state index contributed by atoms with van der Waals surface area (Å²) in [7, 11) is 0. The zero-order valence-electron chi connectivity index (χ0n) is 39.0. The fraction of sp³-hybridized carbons (Fsp3) is 0.154. The van der Waals surface area contributed by atoms with Crippen molar-refractivity contribution in [3.63, 3.8) is 0 Å². The summed E-state index contributed by atoms with van der Waals surface area (Å²) < 4.78 is 16.1. The van der Waals surface area contributed by atoms with Crippen LogP contribution in [-0.2, 0) is 5.41 Å². The van der Waals surface area contributed by atoms with Crippen molar-refractivity contribution in [2.24, 2.45) is 17.8 Å². The summed E-state index contributed by atoms with van der Waals surface area (Å²) >= 11 is 0. The fourth-order valence-corrected chi connectivity index (χ4v) is 14.1. The van der Waals surface area contributed by atoms with Crippen LogP contribution in [0.3, 0.4) is 0 Å². The van der Waals surface area contributed by atoms with Gasteiger partial charge < -0.3 is 13.4 Å². The Morgan fingerprint density at radius 3 is 1.75 bits per heavy atom. The number of rotatable bonds is 6. The molecule has 0 aliphatic heterocycles. The molecule has 0 unspecified atom stereocenters. The van der Waals surface area contributed by atoms with Gasteiger partial charge in [0.25, 0.3) is 0 Å². The topological polar surface area (TPSA) is 69.9 Å². The van der Waals surface area contributed by atoms with Gasteiger partial charge in [0.1, 0.15) is 22.3 Å². The highest BCUT2D eigenvalue weighted by atomic mass is 16.3. The summed E-state index contributed by atoms with van der Waals surface area (Å²) in [4.78, 5) is 16.5. The number of para-hydroxylation sites is 4. The van der Waals surface area contributed by atoms with Gasteiger partial charge in [-0.2, -0.15) is 0 Å². The fourth-order valence-electron chi connectivity index (χ4n) is 14.1. The number of hydrogen-bond donors (Lipinski definition) is 0. The zero-order valence-corrected chi connectivity index (χ0v) is 39.0. The smallest absolute Gasteiger partial charge is 0.167 e. The Balaban J connectivity index is 0.945. The van der Waals surface area contributed by atoms with Crippen LogP contribution in [0.1, 0.15) is 44.1 Å². The minimum atomic E-state index is 0.327. The summed E-state index contributed by atoms with van der Waals surface area (Å²) in [5.41, 5.74) is 13.0. The second-order valence-electron chi connectivity index (χ2n) is 20.9. The van der Waals surface area contributed by atoms with Crippen LogP contribution in [0, 0.1) is 17.8 Å². The van der Waals surface area contributed by atoms with Crippen LogP contribution in [0.2, 0.25) is 0 Å². The highest BCUT2D eigenvalue weighted by Crippen LogP contribution is 2.61. The SMILES string of the molecule is c1ccc(-n2c3ccccc3c3ccc(-c4nc(-c5cc(-c6ccc(C78CC9CC(CC(C9)C7)C8)cc6)cc6c5oc5ccccc56)nc(-c5cc6ccccc6c6c5oc5ccccc56)n4)cc32)cc1. The molecule has 0 saturated heterocycles. The summed E-state index contributed by atoms with van der Waals surface area (Å²) in [5, 5.41) is 8.74. The molecule has 338 valence electrons. The number of furan rings is 2. The molecule has 0 spiro atoms. The van der Waals surface area contributed by atoms with Crippen molar-refractivity contribution in [2.75, 3.05) is 0 Å². The predicted molar refractivity (Wildman–Crippen MR) is 288 cm³/mol. The minimum absolute atomic E-state index is 0.327. The maximum absolute atomic E-state index is 6.88. The molecule has 4 saturated carbocycles. The second-order valence-corrected chi connectivity index (χ2v) is 20.9. The van der Waals surface area contributed by atoms with Crippen LogP contribution in [0.5, 0.6) is 0 Å². The number of aromatic nitrogens is 4. The Bertz CT molecular complexity index is 4290. The molecule has 0 amide bonds. The largest absolute Gasteiger partial charge is 0.455 e. The molecular weight excluding hydrogens is 869 g/mol. The van der Waals surface area contributed by atoms with Crippen molar-refractivity contribution in [1.29, 1.82) is 0 Å². The number of fused-ring (bicyclic) bond motifs is 11. The van der Waals surface area contributed by atoms with Crippen molar-refractivity contribution < 1.29 is 8.83 Å². The standard InChI is InChI=1S/C65H46N4O2/c1-2-13-46(14-3-1)69-55-19-9-6-16-48(55)49-27-24-43(34-56(49)69)62-66-63(68-64(67-62)54-31-42-12-4-5-15-47(42)59-51-18-8-11-21-58(51)71-61(54)59)53-33-44(32-52-50-17-7-10-20-57(50)70-60(52)53)41-22-25-45(26-23-41)65-35-38-28-39(36-65)30-40(29-38)37-65/h1-27,31-34,38-40H,28-30,35-37H2. The normalized spacial score (nSPS) is 19.7. The van der Waals surface area contributed by atoms with E-state index < -0.39 is 0 Å². The highest BCUT2D eigenvalue weighted by molar-refractivity contribution is 6.22. The van der Waals surface area contributed by atoms with E-state index in [0.717, 1.165) is 117 Å². The molecule has 4 aliphatic carbocycles. The van der Waals surface area contributed by atoms with Crippen molar-refractivity contribution in [2.45, 2.75) is 43.9 Å². The molecule has 0 N–H and O–H groups in total. The minimum Gasteiger partial charge on any atom is -0.455 e. The lowest BCUT2D eigenvalue weighted by atomic mass is 9.48. The third-order valence-electron chi connectivity index (χ3n) is 16.8. The molecule has 6 nitrogen and oxygen atoms in total. The van der Waals surface area contributed by atoms with Crippen molar-refractivity contribution in [1.82, 2.24) is 19.5 Å². The first-order chi connectivity index (χ1) is 35.1. The zero-order chi connectivity index (χ0) is 46.4. The van der Waals surface area contributed by atoms with Gasteiger partial charge in [-0.25, -0.2) is 15.0 Å². The molecule has 13 aromatic rings. The summed E-state index contributed by atoms with van der Waals surface area (Å²) in [6.45, 7) is 0. The Morgan fingerprint density at radius 2 is 0.986 bits per heavy atom. The molecule has 0 atom stereocenters. The van der Waals surface area contributed by atoms with Gasteiger partial charge in [0.2, 0.25) is 0 Å². The van der Waals surface area contributed by atoms with Crippen LogP contribution < -0.4 is 0 Å². The van der Waals surface area contributed by atoms with E-state index in [4.69, 9.17) is 23.8 Å². The Hall–Kier alpha value is -8.35. The summed E-state index contributed by atoms with van der Waals surface area (Å²) in [5.74, 6) is 4.29. The Kier molecular flexibility index (Phi) is 8.25. The summed E-state index contributed by atoms with van der Waals surface area (Å²) in [6.07, 6.45) is 8.36. The van der Waals surface area contributed by atoms with E-state index in [2.05, 4.69) is 174 Å². The second kappa shape index (κ2) is 14.8. The highest BCUT2D eigenvalue weighted by Gasteiger charge is 2.51. The number of hydrogen-bond acceptors (Lipinski definition) is 5. The molecule has 4 aromatic heterocycles. The first kappa shape index (κ1) is 39.5. The van der Waals surface area contributed by atoms with Crippen molar-refractivity contribution >= 4 is 76.5 Å². The van der Waals surface area contributed by atoms with E-state index >= 15 is 0 Å². The van der Waals surface area contributed by atoms with Gasteiger partial charge in [-0.15, -0.1) is 0 Å². The predicted octanol–water partition coefficient (Wildman–Crippen LogP) is 17.1. The molecule has 6 heteroatoms. The van der Waals surface area contributed by atoms with Crippen molar-refractivity contribution in [3.8, 4) is 51.0 Å². The molecule has 9 aromatic carbocycles. The third-order valence-corrected chi connectivity index (χ3v) is 16.8.